The lowest BCUT2D eigenvalue weighted by Gasteiger charge is -2.34. The molecule has 0 atom stereocenters. The molecule has 0 unspecified atom stereocenters. The van der Waals surface area contributed by atoms with Crippen molar-refractivity contribution in [2.75, 3.05) is 0 Å². The van der Waals surface area contributed by atoms with Crippen LogP contribution in [0.5, 0.6) is 0 Å². The van der Waals surface area contributed by atoms with Crippen molar-refractivity contribution in [2.24, 2.45) is 5.73 Å². The Hall–Kier alpha value is -0.740. The van der Waals surface area contributed by atoms with E-state index >= 15 is 0 Å². The molecular formula is C12H13ClF3N. The maximum atomic E-state index is 13.8. The van der Waals surface area contributed by atoms with E-state index in [-0.39, 0.29) is 5.56 Å². The normalized spacial score (nSPS) is 19.4. The van der Waals surface area contributed by atoms with Gasteiger partial charge in [0, 0.05) is 11.1 Å². The largest absolute Gasteiger partial charge is 0.321 e. The quantitative estimate of drug-likeness (QED) is 0.604. The van der Waals surface area contributed by atoms with Crippen LogP contribution in [0.4, 0.5) is 13.2 Å². The van der Waals surface area contributed by atoms with Crippen LogP contribution >= 0.6 is 11.6 Å². The third-order valence-corrected chi connectivity index (χ3v) is 3.73. The minimum atomic E-state index is -1.35. The zero-order valence-electron chi connectivity index (χ0n) is 9.20. The van der Waals surface area contributed by atoms with E-state index in [1.165, 1.54) is 0 Å². The number of benzene rings is 1. The molecule has 0 heterocycles. The second-order valence-corrected chi connectivity index (χ2v) is 4.94. The molecule has 5 heteroatoms. The lowest BCUT2D eigenvalue weighted by molar-refractivity contribution is 0.287. The zero-order chi connectivity index (χ0) is 12.6. The highest BCUT2D eigenvalue weighted by Gasteiger charge is 2.34. The van der Waals surface area contributed by atoms with Gasteiger partial charge in [-0.15, -0.1) is 0 Å². The molecule has 1 aliphatic rings. The Labute approximate surface area is 103 Å². The Morgan fingerprint density at radius 1 is 1.06 bits per heavy atom. The van der Waals surface area contributed by atoms with Gasteiger partial charge in [0.1, 0.15) is 10.8 Å². The molecule has 0 bridgehead atoms. The van der Waals surface area contributed by atoms with Crippen molar-refractivity contribution >= 4 is 11.6 Å². The van der Waals surface area contributed by atoms with Crippen molar-refractivity contribution in [3.8, 4) is 0 Å². The predicted octanol–water partition coefficient (Wildman–Crippen LogP) is 3.88. The van der Waals surface area contributed by atoms with Crippen molar-refractivity contribution in [1.29, 1.82) is 0 Å². The molecule has 1 fully saturated rings. The second-order valence-electron chi connectivity index (χ2n) is 4.56. The zero-order valence-corrected chi connectivity index (χ0v) is 9.96. The molecule has 1 aliphatic carbocycles. The fourth-order valence-electron chi connectivity index (χ4n) is 2.39. The minimum Gasteiger partial charge on any atom is -0.321 e. The van der Waals surface area contributed by atoms with E-state index in [0.717, 1.165) is 25.3 Å². The average Bonchev–Trinajstić information content (AvgIpc) is 2.32. The number of halogens is 4. The van der Waals surface area contributed by atoms with Crippen molar-refractivity contribution in [2.45, 2.75) is 37.6 Å². The monoisotopic (exact) mass is 263 g/mol. The van der Waals surface area contributed by atoms with Gasteiger partial charge >= 0.3 is 0 Å². The van der Waals surface area contributed by atoms with Crippen molar-refractivity contribution < 1.29 is 13.2 Å². The van der Waals surface area contributed by atoms with E-state index < -0.39 is 28.0 Å². The lowest BCUT2D eigenvalue weighted by atomic mass is 9.77. The van der Waals surface area contributed by atoms with Gasteiger partial charge in [-0.3, -0.25) is 0 Å². The molecule has 0 radical (unpaired) electrons. The molecule has 1 nitrogen and oxygen atoms in total. The molecule has 1 saturated carbocycles. The highest BCUT2D eigenvalue weighted by atomic mass is 35.5. The summed E-state index contributed by atoms with van der Waals surface area (Å²) in [6.07, 6.45) is 3.75. The smallest absolute Gasteiger partial charge is 0.180 e. The van der Waals surface area contributed by atoms with Gasteiger partial charge in [0.05, 0.1) is 0 Å². The summed E-state index contributed by atoms with van der Waals surface area (Å²) in [6, 6.07) is 0.923. The standard InChI is InChI=1S/C12H13ClF3N/c13-9-8(14)6-7(10(15)11(9)16)12(17)4-2-1-3-5-12/h6H,1-5,17H2. The summed E-state index contributed by atoms with van der Waals surface area (Å²) in [7, 11) is 0. The summed E-state index contributed by atoms with van der Waals surface area (Å²) in [5, 5.41) is -0.814. The van der Waals surface area contributed by atoms with E-state index in [9.17, 15) is 13.2 Å². The highest BCUT2D eigenvalue weighted by molar-refractivity contribution is 6.30. The fourth-order valence-corrected chi connectivity index (χ4v) is 2.52. The van der Waals surface area contributed by atoms with Gasteiger partial charge in [-0.2, -0.15) is 0 Å². The number of hydrogen-bond donors (Lipinski definition) is 1. The van der Waals surface area contributed by atoms with E-state index in [4.69, 9.17) is 17.3 Å². The third kappa shape index (κ3) is 2.16. The van der Waals surface area contributed by atoms with Gasteiger partial charge in [0.2, 0.25) is 0 Å². The van der Waals surface area contributed by atoms with E-state index in [2.05, 4.69) is 0 Å². The first kappa shape index (κ1) is 12.7. The number of nitrogens with two attached hydrogens (primary N) is 1. The molecule has 94 valence electrons. The van der Waals surface area contributed by atoms with Gasteiger partial charge < -0.3 is 5.73 Å². The SMILES string of the molecule is NC1(c2cc(F)c(Cl)c(F)c2F)CCCCC1. The number of hydrogen-bond acceptors (Lipinski definition) is 1. The molecule has 0 saturated heterocycles. The van der Waals surface area contributed by atoms with Gasteiger partial charge in [0.25, 0.3) is 0 Å². The lowest BCUT2D eigenvalue weighted by Crippen LogP contribution is -2.39. The summed E-state index contributed by atoms with van der Waals surface area (Å²) in [5.41, 5.74) is 4.97. The maximum Gasteiger partial charge on any atom is 0.180 e. The fraction of sp³-hybridized carbons (Fsp3) is 0.500. The molecule has 0 spiro atoms. The molecule has 1 aromatic rings. The molecule has 0 aliphatic heterocycles. The summed E-state index contributed by atoms with van der Waals surface area (Å²) in [4.78, 5) is 0. The molecule has 17 heavy (non-hydrogen) atoms. The van der Waals surface area contributed by atoms with Gasteiger partial charge in [-0.1, -0.05) is 30.9 Å². The van der Waals surface area contributed by atoms with Gasteiger partial charge in [-0.05, 0) is 18.9 Å². The Morgan fingerprint density at radius 2 is 1.65 bits per heavy atom. The Balaban J connectivity index is 2.51. The van der Waals surface area contributed by atoms with E-state index in [0.29, 0.717) is 12.8 Å². The summed E-state index contributed by atoms with van der Waals surface area (Å²) in [6.45, 7) is 0. The molecule has 1 aromatic carbocycles. The van der Waals surface area contributed by atoms with Crippen LogP contribution in [0, 0.1) is 17.5 Å². The van der Waals surface area contributed by atoms with E-state index in [1.54, 1.807) is 0 Å². The van der Waals surface area contributed by atoms with Crippen molar-refractivity contribution in [3.63, 3.8) is 0 Å². The topological polar surface area (TPSA) is 26.0 Å². The van der Waals surface area contributed by atoms with Gasteiger partial charge in [0.15, 0.2) is 11.6 Å². The maximum absolute atomic E-state index is 13.8. The van der Waals surface area contributed by atoms with Crippen LogP contribution in [0.3, 0.4) is 0 Å². The van der Waals surface area contributed by atoms with Crippen LogP contribution in [0.1, 0.15) is 37.7 Å². The van der Waals surface area contributed by atoms with Gasteiger partial charge in [-0.25, -0.2) is 13.2 Å². The minimum absolute atomic E-state index is 0.100. The first-order chi connectivity index (χ1) is 7.96. The molecular weight excluding hydrogens is 251 g/mol. The highest BCUT2D eigenvalue weighted by Crippen LogP contribution is 2.38. The number of rotatable bonds is 1. The average molecular weight is 264 g/mol. The second kappa shape index (κ2) is 4.50. The van der Waals surface area contributed by atoms with Crippen molar-refractivity contribution in [3.05, 3.63) is 34.1 Å². The Kier molecular flexibility index (Phi) is 3.36. The van der Waals surface area contributed by atoms with Crippen LogP contribution in [-0.2, 0) is 5.54 Å². The molecule has 0 amide bonds. The Morgan fingerprint density at radius 3 is 2.24 bits per heavy atom. The van der Waals surface area contributed by atoms with E-state index in [1.807, 2.05) is 0 Å². The first-order valence-electron chi connectivity index (χ1n) is 5.58. The van der Waals surface area contributed by atoms with Crippen LogP contribution in [-0.4, -0.2) is 0 Å². The molecule has 2 rings (SSSR count). The third-order valence-electron chi connectivity index (χ3n) is 3.38. The van der Waals surface area contributed by atoms with Crippen LogP contribution in [0.2, 0.25) is 5.02 Å². The predicted molar refractivity (Wildman–Crippen MR) is 60.3 cm³/mol. The Bertz CT molecular complexity index is 442. The summed E-state index contributed by atoms with van der Waals surface area (Å²) >= 11 is 5.31. The summed E-state index contributed by atoms with van der Waals surface area (Å²) in [5.74, 6) is -3.44. The van der Waals surface area contributed by atoms with Crippen LogP contribution < -0.4 is 5.73 Å². The van der Waals surface area contributed by atoms with Crippen molar-refractivity contribution in [1.82, 2.24) is 0 Å². The first-order valence-corrected chi connectivity index (χ1v) is 5.96. The molecule has 0 aromatic heterocycles. The van der Waals surface area contributed by atoms with Crippen LogP contribution in [0.25, 0.3) is 0 Å². The van der Waals surface area contributed by atoms with Crippen LogP contribution in [0.15, 0.2) is 6.07 Å². The summed E-state index contributed by atoms with van der Waals surface area (Å²) < 4.78 is 40.5. The molecule has 2 N–H and O–H groups in total.